The maximum Gasteiger partial charge on any atom is 0.264 e. The first-order valence-corrected chi connectivity index (χ1v) is 14.1. The highest BCUT2D eigenvalue weighted by Crippen LogP contribution is 2.26. The lowest BCUT2D eigenvalue weighted by Gasteiger charge is -2.33. The van der Waals surface area contributed by atoms with Gasteiger partial charge in [0, 0.05) is 17.6 Å². The van der Waals surface area contributed by atoms with E-state index in [2.05, 4.69) is 5.32 Å². The van der Waals surface area contributed by atoms with Crippen molar-refractivity contribution in [3.8, 4) is 0 Å². The highest BCUT2D eigenvalue weighted by molar-refractivity contribution is 7.92. The number of anilines is 1. The lowest BCUT2D eigenvalue weighted by molar-refractivity contribution is -0.140. The zero-order chi connectivity index (χ0) is 29.0. The third kappa shape index (κ3) is 7.44. The van der Waals surface area contributed by atoms with Gasteiger partial charge in [-0.2, -0.15) is 0 Å². The van der Waals surface area contributed by atoms with E-state index in [0.717, 1.165) is 15.4 Å². The van der Waals surface area contributed by atoms with Gasteiger partial charge in [-0.15, -0.1) is 0 Å². The molecule has 208 valence electrons. The number of carbonyl (C=O) groups excluding carboxylic acids is 2. The summed E-state index contributed by atoms with van der Waals surface area (Å²) in [5.41, 5.74) is 1.78. The van der Waals surface area contributed by atoms with Crippen molar-refractivity contribution < 1.29 is 22.4 Å². The van der Waals surface area contributed by atoms with Crippen molar-refractivity contribution in [1.82, 2.24) is 10.2 Å². The molecule has 0 aliphatic rings. The van der Waals surface area contributed by atoms with Gasteiger partial charge in [0.05, 0.1) is 10.6 Å². The molecule has 0 aromatic heterocycles. The Balaban J connectivity index is 2.06. The van der Waals surface area contributed by atoms with Crippen LogP contribution in [-0.4, -0.2) is 43.3 Å². The summed E-state index contributed by atoms with van der Waals surface area (Å²) in [6.07, 6.45) is 0. The van der Waals surface area contributed by atoms with Crippen LogP contribution in [0.25, 0.3) is 0 Å². The second kappa shape index (κ2) is 12.0. The highest BCUT2D eigenvalue weighted by atomic mass is 32.2. The summed E-state index contributed by atoms with van der Waals surface area (Å²) < 4.78 is 43.3. The van der Waals surface area contributed by atoms with E-state index in [1.54, 1.807) is 49.4 Å². The molecule has 0 aliphatic carbocycles. The smallest absolute Gasteiger partial charge is 0.264 e. The number of benzene rings is 3. The second-order valence-electron chi connectivity index (χ2n) is 10.6. The van der Waals surface area contributed by atoms with E-state index < -0.39 is 45.8 Å². The number of rotatable bonds is 9. The predicted molar refractivity (Wildman–Crippen MR) is 151 cm³/mol. The number of halogens is 1. The van der Waals surface area contributed by atoms with E-state index in [0.29, 0.717) is 5.69 Å². The number of aryl methyl sites for hydroxylation is 2. The Morgan fingerprint density at radius 1 is 0.923 bits per heavy atom. The van der Waals surface area contributed by atoms with Crippen LogP contribution < -0.4 is 9.62 Å². The van der Waals surface area contributed by atoms with E-state index >= 15 is 0 Å². The van der Waals surface area contributed by atoms with Crippen molar-refractivity contribution in [3.63, 3.8) is 0 Å². The monoisotopic (exact) mass is 553 g/mol. The zero-order valence-corrected chi connectivity index (χ0v) is 24.0. The number of sulfonamides is 1. The predicted octanol–water partition coefficient (Wildman–Crippen LogP) is 4.97. The van der Waals surface area contributed by atoms with Gasteiger partial charge in [0.1, 0.15) is 18.4 Å². The Labute approximate surface area is 230 Å². The van der Waals surface area contributed by atoms with Crippen molar-refractivity contribution in [2.45, 2.75) is 64.6 Å². The normalized spacial score (nSPS) is 12.5. The molecule has 0 saturated heterocycles. The van der Waals surface area contributed by atoms with Gasteiger partial charge in [0.25, 0.3) is 10.0 Å². The summed E-state index contributed by atoms with van der Waals surface area (Å²) in [5.74, 6) is -1.61. The van der Waals surface area contributed by atoms with E-state index in [1.165, 1.54) is 35.2 Å². The van der Waals surface area contributed by atoms with Crippen molar-refractivity contribution in [2.75, 3.05) is 10.8 Å². The zero-order valence-electron chi connectivity index (χ0n) is 23.2. The molecule has 3 aromatic carbocycles. The van der Waals surface area contributed by atoms with Crippen molar-refractivity contribution in [2.24, 2.45) is 0 Å². The molecule has 39 heavy (non-hydrogen) atoms. The second-order valence-corrected chi connectivity index (χ2v) is 12.5. The maximum absolute atomic E-state index is 14.6. The van der Waals surface area contributed by atoms with Crippen LogP contribution in [0.15, 0.2) is 77.7 Å². The van der Waals surface area contributed by atoms with Gasteiger partial charge in [-0.3, -0.25) is 13.9 Å². The molecular weight excluding hydrogens is 517 g/mol. The van der Waals surface area contributed by atoms with Gasteiger partial charge < -0.3 is 10.2 Å². The molecule has 0 heterocycles. The quantitative estimate of drug-likeness (QED) is 0.405. The lowest BCUT2D eigenvalue weighted by Crippen LogP contribution is -2.54. The Bertz CT molecular complexity index is 1440. The molecule has 0 spiro atoms. The molecule has 1 N–H and O–H groups in total. The number of amides is 2. The summed E-state index contributed by atoms with van der Waals surface area (Å²) in [6.45, 7) is 9.96. The van der Waals surface area contributed by atoms with Gasteiger partial charge in [0.15, 0.2) is 0 Å². The van der Waals surface area contributed by atoms with E-state index in [-0.39, 0.29) is 17.0 Å². The molecule has 3 rings (SSSR count). The van der Waals surface area contributed by atoms with Crippen molar-refractivity contribution in [3.05, 3.63) is 95.3 Å². The molecular formula is C30H36FN3O4S. The summed E-state index contributed by atoms with van der Waals surface area (Å²) in [5, 5.41) is 2.85. The Morgan fingerprint density at radius 3 is 2.13 bits per heavy atom. The third-order valence-electron chi connectivity index (χ3n) is 6.35. The first-order chi connectivity index (χ1) is 18.2. The van der Waals surface area contributed by atoms with Crippen LogP contribution in [0.4, 0.5) is 10.1 Å². The van der Waals surface area contributed by atoms with Crippen LogP contribution in [0.3, 0.4) is 0 Å². The lowest BCUT2D eigenvalue weighted by atomic mass is 10.1. The number of carbonyl (C=O) groups is 2. The van der Waals surface area contributed by atoms with Crippen LogP contribution in [0, 0.1) is 19.7 Å². The largest absolute Gasteiger partial charge is 0.350 e. The number of hydrogen-bond acceptors (Lipinski definition) is 4. The Hall–Kier alpha value is -3.72. The Morgan fingerprint density at radius 2 is 1.54 bits per heavy atom. The molecule has 7 nitrogen and oxygen atoms in total. The minimum Gasteiger partial charge on any atom is -0.350 e. The van der Waals surface area contributed by atoms with Gasteiger partial charge in [-0.1, -0.05) is 42.5 Å². The molecule has 0 aliphatic heterocycles. The molecule has 0 saturated carbocycles. The minimum atomic E-state index is -4.16. The van der Waals surface area contributed by atoms with E-state index in [4.69, 9.17) is 0 Å². The molecule has 3 aromatic rings. The minimum absolute atomic E-state index is 0.0233. The SMILES string of the molecule is Cc1ccc(N(CC(=O)N(Cc2ccccc2F)C(C)C(=O)NC(C)(C)C)S(=O)(=O)c2ccccc2)cc1C. The number of hydrogen-bond donors (Lipinski definition) is 1. The molecule has 0 fully saturated rings. The molecule has 0 radical (unpaired) electrons. The highest BCUT2D eigenvalue weighted by Gasteiger charge is 2.33. The first-order valence-electron chi connectivity index (χ1n) is 12.7. The first kappa shape index (κ1) is 29.8. The van der Waals surface area contributed by atoms with Gasteiger partial charge in [-0.25, -0.2) is 12.8 Å². The Kier molecular flexibility index (Phi) is 9.17. The van der Waals surface area contributed by atoms with Crippen LogP contribution in [0.5, 0.6) is 0 Å². The molecule has 9 heteroatoms. The summed E-state index contributed by atoms with van der Waals surface area (Å²) in [4.78, 5) is 28.2. The number of nitrogens with zero attached hydrogens (tertiary/aromatic N) is 2. The van der Waals surface area contributed by atoms with Gasteiger partial charge >= 0.3 is 0 Å². The van der Waals surface area contributed by atoms with Crippen LogP contribution in [-0.2, 0) is 26.2 Å². The maximum atomic E-state index is 14.6. The average Bonchev–Trinajstić information content (AvgIpc) is 2.87. The number of nitrogens with one attached hydrogen (secondary N) is 1. The molecule has 1 unspecified atom stereocenters. The van der Waals surface area contributed by atoms with Crippen LogP contribution in [0.2, 0.25) is 0 Å². The fourth-order valence-corrected chi connectivity index (χ4v) is 5.42. The summed E-state index contributed by atoms with van der Waals surface area (Å²) >= 11 is 0. The van der Waals surface area contributed by atoms with E-state index in [9.17, 15) is 22.4 Å². The standard InChI is InChI=1S/C30H36FN3O4S/c1-21-16-17-25(18-22(21)2)34(39(37,38)26-13-8-7-9-14-26)20-28(35)33(19-24-12-10-11-15-27(24)31)23(3)29(36)32-30(4,5)6/h7-18,23H,19-20H2,1-6H3,(H,32,36). The molecule has 1 atom stereocenters. The van der Waals surface area contributed by atoms with Crippen LogP contribution >= 0.6 is 0 Å². The average molecular weight is 554 g/mol. The van der Waals surface area contributed by atoms with Crippen LogP contribution in [0.1, 0.15) is 44.4 Å². The fourth-order valence-electron chi connectivity index (χ4n) is 4.00. The van der Waals surface area contributed by atoms with Crippen molar-refractivity contribution in [1.29, 1.82) is 0 Å². The fraction of sp³-hybridized carbons (Fsp3) is 0.333. The third-order valence-corrected chi connectivity index (χ3v) is 8.14. The topological polar surface area (TPSA) is 86.8 Å². The van der Waals surface area contributed by atoms with Gasteiger partial charge in [0.2, 0.25) is 11.8 Å². The van der Waals surface area contributed by atoms with Crippen molar-refractivity contribution >= 4 is 27.5 Å². The van der Waals surface area contributed by atoms with Gasteiger partial charge in [-0.05, 0) is 83.0 Å². The summed E-state index contributed by atoms with van der Waals surface area (Å²) in [7, 11) is -4.16. The molecule has 0 bridgehead atoms. The molecule has 2 amide bonds. The summed E-state index contributed by atoms with van der Waals surface area (Å²) in [6, 6.07) is 18.0. The van der Waals surface area contributed by atoms with E-state index in [1.807, 2.05) is 34.6 Å².